The number of rotatable bonds is 5. The van der Waals surface area contributed by atoms with E-state index in [1.165, 1.54) is 31.4 Å². The van der Waals surface area contributed by atoms with E-state index in [0.717, 1.165) is 13.1 Å². The summed E-state index contributed by atoms with van der Waals surface area (Å²) in [6.45, 7) is 6.41. The zero-order valence-corrected chi connectivity index (χ0v) is 12.3. The Kier molecular flexibility index (Phi) is 5.34. The minimum absolute atomic E-state index is 0.378. The van der Waals surface area contributed by atoms with Crippen molar-refractivity contribution < 1.29 is 0 Å². The molecule has 1 aliphatic carbocycles. The van der Waals surface area contributed by atoms with Gasteiger partial charge in [0.05, 0.1) is 5.69 Å². The lowest BCUT2D eigenvalue weighted by molar-refractivity contribution is 0.0753. The molecule has 0 spiro atoms. The maximum Gasteiger partial charge on any atom is 0.0572 e. The molecule has 2 rings (SSSR count). The highest BCUT2D eigenvalue weighted by molar-refractivity contribution is 5.08. The fourth-order valence-electron chi connectivity index (χ4n) is 3.49. The molecule has 1 saturated carbocycles. The predicted octanol–water partition coefficient (Wildman–Crippen LogP) is 2.98. The Morgan fingerprint density at radius 2 is 2.16 bits per heavy atom. The van der Waals surface area contributed by atoms with Crippen molar-refractivity contribution in [3.63, 3.8) is 0 Å². The van der Waals surface area contributed by atoms with Gasteiger partial charge < -0.3 is 5.73 Å². The lowest BCUT2D eigenvalue weighted by Gasteiger charge is -2.42. The van der Waals surface area contributed by atoms with Crippen molar-refractivity contribution in [2.75, 3.05) is 13.1 Å². The van der Waals surface area contributed by atoms with E-state index in [2.05, 4.69) is 35.9 Å². The van der Waals surface area contributed by atoms with Crippen molar-refractivity contribution in [1.82, 2.24) is 9.88 Å². The Morgan fingerprint density at radius 1 is 1.37 bits per heavy atom. The average molecular weight is 261 g/mol. The molecule has 106 valence electrons. The van der Waals surface area contributed by atoms with E-state index in [1.807, 2.05) is 12.3 Å². The monoisotopic (exact) mass is 261 g/mol. The minimum atomic E-state index is 0.378. The number of hydrogen-bond acceptors (Lipinski definition) is 3. The van der Waals surface area contributed by atoms with Crippen LogP contribution in [0.15, 0.2) is 24.4 Å². The van der Waals surface area contributed by atoms with Gasteiger partial charge in [0.1, 0.15) is 0 Å². The van der Waals surface area contributed by atoms with E-state index >= 15 is 0 Å². The molecule has 3 unspecified atom stereocenters. The minimum Gasteiger partial charge on any atom is -0.330 e. The molecule has 0 aliphatic heterocycles. The third-order valence-electron chi connectivity index (χ3n) is 4.58. The van der Waals surface area contributed by atoms with Gasteiger partial charge in [-0.3, -0.25) is 9.88 Å². The van der Waals surface area contributed by atoms with Crippen molar-refractivity contribution in [3.05, 3.63) is 30.1 Å². The smallest absolute Gasteiger partial charge is 0.0572 e. The Morgan fingerprint density at radius 3 is 2.79 bits per heavy atom. The van der Waals surface area contributed by atoms with Crippen molar-refractivity contribution in [1.29, 1.82) is 0 Å². The normalized spacial score (nSPS) is 25.5. The first-order valence-electron chi connectivity index (χ1n) is 7.64. The highest BCUT2D eigenvalue weighted by Crippen LogP contribution is 2.32. The third kappa shape index (κ3) is 3.34. The lowest BCUT2D eigenvalue weighted by atomic mass is 9.83. The Bertz CT molecular complexity index is 366. The maximum atomic E-state index is 5.98. The summed E-state index contributed by atoms with van der Waals surface area (Å²) in [4.78, 5) is 7.12. The van der Waals surface area contributed by atoms with Crippen LogP contribution in [0, 0.1) is 5.92 Å². The van der Waals surface area contributed by atoms with Crippen LogP contribution in [0.3, 0.4) is 0 Å². The molecule has 0 aromatic carbocycles. The van der Waals surface area contributed by atoms with Crippen molar-refractivity contribution in [2.24, 2.45) is 11.7 Å². The van der Waals surface area contributed by atoms with E-state index in [-0.39, 0.29) is 0 Å². The van der Waals surface area contributed by atoms with Crippen molar-refractivity contribution in [2.45, 2.75) is 51.6 Å². The van der Waals surface area contributed by atoms with E-state index in [0.29, 0.717) is 18.0 Å². The Hall–Kier alpha value is -0.930. The van der Waals surface area contributed by atoms with Gasteiger partial charge in [0, 0.05) is 18.3 Å². The van der Waals surface area contributed by atoms with Gasteiger partial charge in [0.25, 0.3) is 0 Å². The molecule has 3 atom stereocenters. The van der Waals surface area contributed by atoms with E-state index in [1.54, 1.807) is 0 Å². The van der Waals surface area contributed by atoms with Gasteiger partial charge in [-0.15, -0.1) is 0 Å². The fraction of sp³-hybridized carbons (Fsp3) is 0.688. The van der Waals surface area contributed by atoms with E-state index < -0.39 is 0 Å². The van der Waals surface area contributed by atoms with Crippen LogP contribution in [0.4, 0.5) is 0 Å². The maximum absolute atomic E-state index is 5.98. The van der Waals surface area contributed by atoms with Gasteiger partial charge in [0.2, 0.25) is 0 Å². The number of aromatic nitrogens is 1. The first kappa shape index (κ1) is 14.5. The van der Waals surface area contributed by atoms with E-state index in [4.69, 9.17) is 5.73 Å². The van der Waals surface area contributed by atoms with Crippen molar-refractivity contribution in [3.8, 4) is 0 Å². The molecular weight excluding hydrogens is 234 g/mol. The summed E-state index contributed by atoms with van der Waals surface area (Å²) in [5.41, 5.74) is 7.15. The molecule has 1 fully saturated rings. The van der Waals surface area contributed by atoms with Crippen LogP contribution in [0.25, 0.3) is 0 Å². The molecule has 3 nitrogen and oxygen atoms in total. The quantitative estimate of drug-likeness (QED) is 0.886. The summed E-state index contributed by atoms with van der Waals surface area (Å²) in [6, 6.07) is 7.20. The van der Waals surface area contributed by atoms with Crippen molar-refractivity contribution >= 4 is 0 Å². The van der Waals surface area contributed by atoms with Gasteiger partial charge in [-0.05, 0) is 50.9 Å². The summed E-state index contributed by atoms with van der Waals surface area (Å²) in [5, 5.41) is 0. The summed E-state index contributed by atoms with van der Waals surface area (Å²) in [7, 11) is 0. The molecule has 0 saturated heterocycles. The summed E-state index contributed by atoms with van der Waals surface area (Å²) in [5.74, 6) is 0.653. The van der Waals surface area contributed by atoms with Crippen LogP contribution in [0.2, 0.25) is 0 Å². The molecule has 1 aromatic heterocycles. The van der Waals surface area contributed by atoms with Crippen LogP contribution in [-0.2, 0) is 0 Å². The summed E-state index contributed by atoms with van der Waals surface area (Å²) < 4.78 is 0. The highest BCUT2D eigenvalue weighted by Gasteiger charge is 2.31. The zero-order valence-electron chi connectivity index (χ0n) is 12.3. The second-order valence-corrected chi connectivity index (χ2v) is 5.61. The van der Waals surface area contributed by atoms with Gasteiger partial charge in [-0.1, -0.05) is 25.8 Å². The fourth-order valence-corrected chi connectivity index (χ4v) is 3.49. The SMILES string of the molecule is CCN(C(C)c1ccccn1)C1CCCCC1CN. The van der Waals surface area contributed by atoms with Gasteiger partial charge >= 0.3 is 0 Å². The van der Waals surface area contributed by atoms with E-state index in [9.17, 15) is 0 Å². The molecule has 0 radical (unpaired) electrons. The van der Waals surface area contributed by atoms with Crippen LogP contribution in [-0.4, -0.2) is 29.0 Å². The molecule has 1 heterocycles. The van der Waals surface area contributed by atoms with Gasteiger partial charge in [-0.25, -0.2) is 0 Å². The molecule has 3 heteroatoms. The van der Waals surface area contributed by atoms with Crippen LogP contribution in [0.1, 0.15) is 51.3 Å². The average Bonchev–Trinajstić information content (AvgIpc) is 2.49. The highest BCUT2D eigenvalue weighted by atomic mass is 15.2. The number of pyridine rings is 1. The molecule has 0 bridgehead atoms. The number of nitrogens with zero attached hydrogens (tertiary/aromatic N) is 2. The predicted molar refractivity (Wildman–Crippen MR) is 79.8 cm³/mol. The molecule has 1 aliphatic rings. The van der Waals surface area contributed by atoms with Crippen LogP contribution in [0.5, 0.6) is 0 Å². The topological polar surface area (TPSA) is 42.2 Å². The number of nitrogens with two attached hydrogens (primary N) is 1. The molecule has 2 N–H and O–H groups in total. The van der Waals surface area contributed by atoms with Crippen LogP contribution >= 0.6 is 0 Å². The second-order valence-electron chi connectivity index (χ2n) is 5.61. The Balaban J connectivity index is 2.14. The molecule has 1 aromatic rings. The lowest BCUT2D eigenvalue weighted by Crippen LogP contribution is -2.46. The second kappa shape index (κ2) is 7.01. The summed E-state index contributed by atoms with van der Waals surface area (Å²) >= 11 is 0. The zero-order chi connectivity index (χ0) is 13.7. The van der Waals surface area contributed by atoms with Crippen LogP contribution < -0.4 is 5.73 Å². The summed E-state index contributed by atoms with van der Waals surface area (Å²) in [6.07, 6.45) is 7.14. The third-order valence-corrected chi connectivity index (χ3v) is 4.58. The first-order valence-corrected chi connectivity index (χ1v) is 7.64. The molecule has 0 amide bonds. The van der Waals surface area contributed by atoms with Gasteiger partial charge in [-0.2, -0.15) is 0 Å². The number of hydrogen-bond donors (Lipinski definition) is 1. The van der Waals surface area contributed by atoms with Gasteiger partial charge in [0.15, 0.2) is 0 Å². The largest absolute Gasteiger partial charge is 0.330 e. The molecule has 19 heavy (non-hydrogen) atoms. The standard InChI is InChI=1S/C16H27N3/c1-3-19(13(2)15-9-6-7-11-18-15)16-10-5-4-8-14(16)12-17/h6-7,9,11,13-14,16H,3-5,8,10,12,17H2,1-2H3. The first-order chi connectivity index (χ1) is 9.27. The molecular formula is C16H27N3. The Labute approximate surface area is 117 Å².